The number of nitrogens with one attached hydrogen (secondary N) is 1. The van der Waals surface area contributed by atoms with Gasteiger partial charge in [-0.3, -0.25) is 4.72 Å². The van der Waals surface area contributed by atoms with E-state index in [1.807, 2.05) is 0 Å². The smallest absolute Gasteiger partial charge is 0.262 e. The number of hydrogen-bond donors (Lipinski definition) is 1. The summed E-state index contributed by atoms with van der Waals surface area (Å²) in [6, 6.07) is 10.2. The molecule has 0 aliphatic heterocycles. The largest absolute Gasteiger partial charge is 0.278 e. The zero-order chi connectivity index (χ0) is 13.2. The maximum atomic E-state index is 12.2. The summed E-state index contributed by atoms with van der Waals surface area (Å²) in [5.74, 6) is 0. The zero-order valence-corrected chi connectivity index (χ0v) is 12.0. The topological polar surface area (TPSA) is 59.1 Å². The van der Waals surface area contributed by atoms with Crippen molar-refractivity contribution in [3.8, 4) is 0 Å². The van der Waals surface area contributed by atoms with Gasteiger partial charge in [0.25, 0.3) is 10.0 Å². The highest BCUT2D eigenvalue weighted by atomic mass is 79.9. The number of pyridine rings is 1. The fourth-order valence-electron chi connectivity index (χ4n) is 1.50. The van der Waals surface area contributed by atoms with Gasteiger partial charge in [-0.25, -0.2) is 13.4 Å². The van der Waals surface area contributed by atoms with Crippen LogP contribution < -0.4 is 4.72 Å². The van der Waals surface area contributed by atoms with E-state index in [-0.39, 0.29) is 4.90 Å². The van der Waals surface area contributed by atoms with Gasteiger partial charge < -0.3 is 0 Å². The lowest BCUT2D eigenvalue weighted by Crippen LogP contribution is -2.14. The minimum absolute atomic E-state index is 0.271. The Kier molecular flexibility index (Phi) is 3.68. The van der Waals surface area contributed by atoms with E-state index < -0.39 is 10.0 Å². The molecule has 1 heterocycles. The maximum Gasteiger partial charge on any atom is 0.262 e. The number of benzene rings is 1. The van der Waals surface area contributed by atoms with Gasteiger partial charge in [-0.15, -0.1) is 0 Å². The Labute approximate surface area is 114 Å². The molecule has 0 unspecified atom stereocenters. The Morgan fingerprint density at radius 2 is 1.89 bits per heavy atom. The minimum Gasteiger partial charge on any atom is -0.278 e. The van der Waals surface area contributed by atoms with Crippen molar-refractivity contribution in [1.29, 1.82) is 0 Å². The van der Waals surface area contributed by atoms with Gasteiger partial charge in [0.1, 0.15) is 4.60 Å². The Bertz CT molecular complexity index is 654. The van der Waals surface area contributed by atoms with Crippen LogP contribution in [0.4, 0.5) is 5.69 Å². The molecular weight excluding hydrogens is 316 g/mol. The van der Waals surface area contributed by atoms with Crippen LogP contribution in [0.3, 0.4) is 0 Å². The lowest BCUT2D eigenvalue weighted by Gasteiger charge is -2.09. The second kappa shape index (κ2) is 5.07. The number of halogens is 1. The number of sulfonamides is 1. The van der Waals surface area contributed by atoms with Gasteiger partial charge in [0.15, 0.2) is 0 Å². The van der Waals surface area contributed by atoms with Crippen LogP contribution in [0.1, 0.15) is 5.56 Å². The second-order valence-corrected chi connectivity index (χ2v) is 6.20. The van der Waals surface area contributed by atoms with E-state index in [0.717, 1.165) is 0 Å². The summed E-state index contributed by atoms with van der Waals surface area (Å²) in [6.45, 7) is 1.76. The monoisotopic (exact) mass is 326 g/mol. The molecule has 0 fully saturated rings. The third-order valence-electron chi connectivity index (χ3n) is 2.36. The van der Waals surface area contributed by atoms with E-state index in [4.69, 9.17) is 0 Å². The van der Waals surface area contributed by atoms with Gasteiger partial charge >= 0.3 is 0 Å². The van der Waals surface area contributed by atoms with Gasteiger partial charge in [0.2, 0.25) is 0 Å². The predicted octanol–water partition coefficient (Wildman–Crippen LogP) is 2.95. The number of aryl methyl sites for hydroxylation is 1. The highest BCUT2D eigenvalue weighted by Crippen LogP contribution is 2.19. The van der Waals surface area contributed by atoms with Crippen LogP contribution in [0.15, 0.2) is 52.1 Å². The first-order valence-electron chi connectivity index (χ1n) is 5.19. The van der Waals surface area contributed by atoms with Gasteiger partial charge in [-0.1, -0.05) is 18.2 Å². The molecule has 6 heteroatoms. The van der Waals surface area contributed by atoms with Crippen LogP contribution in [-0.2, 0) is 10.0 Å². The summed E-state index contributed by atoms with van der Waals surface area (Å²) in [4.78, 5) is 4.24. The first kappa shape index (κ1) is 13.0. The average Bonchev–Trinajstić information content (AvgIpc) is 2.32. The standard InChI is InChI=1S/C12H11BrN2O2S/c1-9-4-2-3-5-11(9)18(16,17)15-10-6-7-12(13)14-8-10/h2-8,15H,1H3. The van der Waals surface area contributed by atoms with Crippen LogP contribution in [0.25, 0.3) is 0 Å². The van der Waals surface area contributed by atoms with Gasteiger partial charge in [-0.05, 0) is 46.6 Å². The third-order valence-corrected chi connectivity index (χ3v) is 4.37. The molecule has 0 aliphatic carbocycles. The summed E-state index contributed by atoms with van der Waals surface area (Å²) in [7, 11) is -3.56. The predicted molar refractivity (Wildman–Crippen MR) is 73.9 cm³/mol. The van der Waals surface area contributed by atoms with E-state index in [9.17, 15) is 8.42 Å². The lowest BCUT2D eigenvalue weighted by molar-refractivity contribution is 0.600. The number of rotatable bonds is 3. The Balaban J connectivity index is 2.33. The summed E-state index contributed by atoms with van der Waals surface area (Å²) < 4.78 is 27.5. The van der Waals surface area contributed by atoms with Crippen molar-refractivity contribution in [3.05, 3.63) is 52.8 Å². The van der Waals surface area contributed by atoms with Crippen molar-refractivity contribution < 1.29 is 8.42 Å². The fourth-order valence-corrected chi connectivity index (χ4v) is 3.03. The number of hydrogen-bond acceptors (Lipinski definition) is 3. The van der Waals surface area contributed by atoms with Crippen molar-refractivity contribution in [2.75, 3.05) is 4.72 Å². The molecule has 0 amide bonds. The van der Waals surface area contributed by atoms with Crippen LogP contribution in [0.2, 0.25) is 0 Å². The number of aromatic nitrogens is 1. The molecule has 2 aromatic rings. The van der Waals surface area contributed by atoms with Gasteiger partial charge in [0.05, 0.1) is 16.8 Å². The zero-order valence-electron chi connectivity index (χ0n) is 9.59. The van der Waals surface area contributed by atoms with Crippen molar-refractivity contribution in [2.45, 2.75) is 11.8 Å². The molecule has 0 aliphatic rings. The molecule has 0 spiro atoms. The van der Waals surface area contributed by atoms with E-state index in [1.54, 1.807) is 43.3 Å². The SMILES string of the molecule is Cc1ccccc1S(=O)(=O)Nc1ccc(Br)nc1. The van der Waals surface area contributed by atoms with E-state index in [0.29, 0.717) is 15.9 Å². The van der Waals surface area contributed by atoms with Crippen molar-refractivity contribution in [3.63, 3.8) is 0 Å². The van der Waals surface area contributed by atoms with Gasteiger partial charge in [-0.2, -0.15) is 0 Å². The molecular formula is C12H11BrN2O2S. The van der Waals surface area contributed by atoms with Gasteiger partial charge in [0, 0.05) is 0 Å². The van der Waals surface area contributed by atoms with Crippen molar-refractivity contribution in [2.24, 2.45) is 0 Å². The molecule has 0 radical (unpaired) electrons. The summed E-state index contributed by atoms with van der Waals surface area (Å²) in [5, 5.41) is 0. The highest BCUT2D eigenvalue weighted by Gasteiger charge is 2.16. The molecule has 1 aromatic heterocycles. The molecule has 4 nitrogen and oxygen atoms in total. The number of anilines is 1. The van der Waals surface area contributed by atoms with Crippen LogP contribution in [0.5, 0.6) is 0 Å². The van der Waals surface area contributed by atoms with Crippen LogP contribution >= 0.6 is 15.9 Å². The summed E-state index contributed by atoms with van der Waals surface area (Å²) in [6.07, 6.45) is 1.46. The van der Waals surface area contributed by atoms with Crippen LogP contribution in [0, 0.1) is 6.92 Å². The van der Waals surface area contributed by atoms with Crippen molar-refractivity contribution in [1.82, 2.24) is 4.98 Å². The third kappa shape index (κ3) is 2.88. The molecule has 1 N–H and O–H groups in total. The molecule has 0 bridgehead atoms. The fraction of sp³-hybridized carbons (Fsp3) is 0.0833. The quantitative estimate of drug-likeness (QED) is 0.882. The molecule has 0 atom stereocenters. The highest BCUT2D eigenvalue weighted by molar-refractivity contribution is 9.10. The van der Waals surface area contributed by atoms with E-state index >= 15 is 0 Å². The number of nitrogens with zero attached hydrogens (tertiary/aromatic N) is 1. The second-order valence-electron chi connectivity index (χ2n) is 3.74. The lowest BCUT2D eigenvalue weighted by atomic mass is 10.2. The molecule has 0 saturated carbocycles. The maximum absolute atomic E-state index is 12.2. The first-order chi connectivity index (χ1) is 8.49. The Hall–Kier alpha value is -1.40. The summed E-state index contributed by atoms with van der Waals surface area (Å²) in [5.41, 5.74) is 1.14. The molecule has 18 heavy (non-hydrogen) atoms. The first-order valence-corrected chi connectivity index (χ1v) is 7.47. The van der Waals surface area contributed by atoms with E-state index in [1.165, 1.54) is 6.20 Å². The average molecular weight is 327 g/mol. The Morgan fingerprint density at radius 1 is 1.17 bits per heavy atom. The molecule has 94 valence electrons. The molecule has 1 aromatic carbocycles. The molecule has 0 saturated heterocycles. The normalized spacial score (nSPS) is 11.2. The van der Waals surface area contributed by atoms with Crippen molar-refractivity contribution >= 4 is 31.6 Å². The minimum atomic E-state index is -3.56. The Morgan fingerprint density at radius 3 is 2.50 bits per heavy atom. The van der Waals surface area contributed by atoms with Crippen LogP contribution in [-0.4, -0.2) is 13.4 Å². The van der Waals surface area contributed by atoms with E-state index in [2.05, 4.69) is 25.6 Å². The summed E-state index contributed by atoms with van der Waals surface area (Å²) >= 11 is 3.19. The molecule has 2 rings (SSSR count).